The third kappa shape index (κ3) is 7.34. The van der Waals surface area contributed by atoms with E-state index in [2.05, 4.69) is 26.6 Å². The van der Waals surface area contributed by atoms with Crippen molar-refractivity contribution < 1.29 is 9.13 Å². The van der Waals surface area contributed by atoms with Crippen LogP contribution in [-0.4, -0.2) is 45.7 Å². The zero-order valence-corrected chi connectivity index (χ0v) is 18.5. The summed E-state index contributed by atoms with van der Waals surface area (Å²) in [4.78, 5) is 6.40. The highest BCUT2D eigenvalue weighted by molar-refractivity contribution is 14.0. The molecule has 2 N–H and O–H groups in total. The molecule has 0 aromatic heterocycles. The Morgan fingerprint density at radius 3 is 2.44 bits per heavy atom. The molecule has 0 amide bonds. The van der Waals surface area contributed by atoms with E-state index < -0.39 is 0 Å². The lowest BCUT2D eigenvalue weighted by Crippen LogP contribution is -2.41. The Morgan fingerprint density at radius 2 is 1.85 bits per heavy atom. The molecule has 0 radical (unpaired) electrons. The van der Waals surface area contributed by atoms with Crippen molar-refractivity contribution in [1.29, 1.82) is 0 Å². The van der Waals surface area contributed by atoms with Gasteiger partial charge in [0, 0.05) is 20.1 Å². The number of benzene rings is 2. The second-order valence-electron chi connectivity index (χ2n) is 6.19. The first-order valence-electron chi connectivity index (χ1n) is 8.53. The van der Waals surface area contributed by atoms with Crippen LogP contribution < -0.4 is 15.4 Å². The van der Waals surface area contributed by atoms with Crippen LogP contribution in [0.5, 0.6) is 5.75 Å². The number of hydrogen-bond donors (Lipinski definition) is 2. The largest absolute Gasteiger partial charge is 0.497 e. The summed E-state index contributed by atoms with van der Waals surface area (Å²) in [5.74, 6) is 1.31. The molecule has 1 unspecified atom stereocenters. The molecule has 0 saturated heterocycles. The van der Waals surface area contributed by atoms with E-state index in [9.17, 15) is 4.39 Å². The minimum absolute atomic E-state index is 0. The average molecular weight is 486 g/mol. The molecule has 0 bridgehead atoms. The topological polar surface area (TPSA) is 48.9 Å². The van der Waals surface area contributed by atoms with Crippen LogP contribution in [-0.2, 0) is 6.54 Å². The standard InChI is InChI=1S/C20H27FN4O.HI/c1-22-20(23-13-15-8-10-17(21)11-9-15)24-14-19(25(2)3)16-6-5-7-18(12-16)26-4;/h5-12,19H,13-14H2,1-4H3,(H2,22,23,24);1H. The maximum atomic E-state index is 13.0. The summed E-state index contributed by atoms with van der Waals surface area (Å²) in [6, 6.07) is 14.7. The van der Waals surface area contributed by atoms with Crippen LogP contribution in [0.1, 0.15) is 17.2 Å². The summed E-state index contributed by atoms with van der Waals surface area (Å²) in [5.41, 5.74) is 2.15. The second-order valence-corrected chi connectivity index (χ2v) is 6.19. The van der Waals surface area contributed by atoms with Crippen molar-refractivity contribution in [3.05, 3.63) is 65.5 Å². The van der Waals surface area contributed by atoms with Gasteiger partial charge < -0.3 is 20.3 Å². The summed E-state index contributed by atoms with van der Waals surface area (Å²) in [7, 11) is 7.49. The fourth-order valence-corrected chi connectivity index (χ4v) is 2.65. The quantitative estimate of drug-likeness (QED) is 0.358. The molecule has 0 spiro atoms. The molecule has 0 aliphatic heterocycles. The van der Waals surface area contributed by atoms with Crippen molar-refractivity contribution in [2.45, 2.75) is 12.6 Å². The van der Waals surface area contributed by atoms with Crippen molar-refractivity contribution in [3.63, 3.8) is 0 Å². The smallest absolute Gasteiger partial charge is 0.191 e. The number of rotatable bonds is 7. The monoisotopic (exact) mass is 486 g/mol. The first kappa shape index (κ1) is 23.2. The molecule has 0 heterocycles. The summed E-state index contributed by atoms with van der Waals surface area (Å²) >= 11 is 0. The van der Waals surface area contributed by atoms with Gasteiger partial charge in [0.05, 0.1) is 13.2 Å². The van der Waals surface area contributed by atoms with Gasteiger partial charge in [-0.3, -0.25) is 4.99 Å². The van der Waals surface area contributed by atoms with Gasteiger partial charge in [-0.15, -0.1) is 24.0 Å². The van der Waals surface area contributed by atoms with Crippen LogP contribution in [0.15, 0.2) is 53.5 Å². The molecule has 2 rings (SSSR count). The van der Waals surface area contributed by atoms with Gasteiger partial charge in [-0.2, -0.15) is 0 Å². The predicted octanol–water partition coefficient (Wildman–Crippen LogP) is 3.42. The molecule has 0 saturated carbocycles. The van der Waals surface area contributed by atoms with Gasteiger partial charge in [0.25, 0.3) is 0 Å². The highest BCUT2D eigenvalue weighted by Crippen LogP contribution is 2.22. The van der Waals surface area contributed by atoms with Gasteiger partial charge in [0.15, 0.2) is 5.96 Å². The lowest BCUT2D eigenvalue weighted by molar-refractivity contribution is 0.297. The molecule has 7 heteroatoms. The molecule has 2 aromatic rings. The van der Waals surface area contributed by atoms with Gasteiger partial charge in [-0.05, 0) is 49.5 Å². The third-order valence-electron chi connectivity index (χ3n) is 4.16. The average Bonchev–Trinajstić information content (AvgIpc) is 2.65. The number of methoxy groups -OCH3 is 1. The van der Waals surface area contributed by atoms with Crippen molar-refractivity contribution in [3.8, 4) is 5.75 Å². The van der Waals surface area contributed by atoms with Gasteiger partial charge in [0.1, 0.15) is 11.6 Å². The molecule has 148 valence electrons. The number of nitrogens with zero attached hydrogens (tertiary/aromatic N) is 2. The molecular formula is C20H28FIN4O. The predicted molar refractivity (Wildman–Crippen MR) is 119 cm³/mol. The number of aliphatic imine (C=N–C) groups is 1. The highest BCUT2D eigenvalue weighted by Gasteiger charge is 2.15. The summed E-state index contributed by atoms with van der Waals surface area (Å²) in [6.45, 7) is 1.26. The molecule has 1 atom stereocenters. The number of ether oxygens (including phenoxy) is 1. The highest BCUT2D eigenvalue weighted by atomic mass is 127. The van der Waals surface area contributed by atoms with Crippen LogP contribution in [0.3, 0.4) is 0 Å². The second kappa shape index (κ2) is 11.8. The fraction of sp³-hybridized carbons (Fsp3) is 0.350. The Labute approximate surface area is 178 Å². The van der Waals surface area contributed by atoms with E-state index in [1.807, 2.05) is 32.3 Å². The molecule has 27 heavy (non-hydrogen) atoms. The van der Waals surface area contributed by atoms with Gasteiger partial charge >= 0.3 is 0 Å². The zero-order valence-electron chi connectivity index (χ0n) is 16.2. The van der Waals surface area contributed by atoms with Crippen LogP contribution in [0.4, 0.5) is 4.39 Å². The third-order valence-corrected chi connectivity index (χ3v) is 4.16. The van der Waals surface area contributed by atoms with E-state index in [-0.39, 0.29) is 35.8 Å². The molecular weight excluding hydrogens is 458 g/mol. The maximum absolute atomic E-state index is 13.0. The number of nitrogens with one attached hydrogen (secondary N) is 2. The van der Waals surface area contributed by atoms with Gasteiger partial charge in [0.2, 0.25) is 0 Å². The van der Waals surface area contributed by atoms with Crippen LogP contribution in [0.25, 0.3) is 0 Å². The van der Waals surface area contributed by atoms with Crippen molar-refractivity contribution in [2.24, 2.45) is 4.99 Å². The molecule has 0 aliphatic carbocycles. The van der Waals surface area contributed by atoms with Crippen LogP contribution in [0, 0.1) is 5.82 Å². The number of halogens is 2. The summed E-state index contributed by atoms with van der Waals surface area (Å²) in [6.07, 6.45) is 0. The Kier molecular flexibility index (Phi) is 10.1. The number of guanidine groups is 1. The van der Waals surface area contributed by atoms with Gasteiger partial charge in [-0.1, -0.05) is 24.3 Å². The Bertz CT molecular complexity index is 722. The van der Waals surface area contributed by atoms with E-state index >= 15 is 0 Å². The van der Waals surface area contributed by atoms with Crippen molar-refractivity contribution in [2.75, 3.05) is 34.8 Å². The lowest BCUT2D eigenvalue weighted by Gasteiger charge is -2.26. The van der Waals surface area contributed by atoms with Crippen LogP contribution in [0.2, 0.25) is 0 Å². The Hall–Kier alpha value is -1.87. The summed E-state index contributed by atoms with van der Waals surface area (Å²) < 4.78 is 18.3. The molecule has 5 nitrogen and oxygen atoms in total. The zero-order chi connectivity index (χ0) is 18.9. The van der Waals surface area contributed by atoms with E-state index in [0.717, 1.165) is 16.9 Å². The van der Waals surface area contributed by atoms with E-state index in [4.69, 9.17) is 4.74 Å². The minimum atomic E-state index is -0.233. The summed E-state index contributed by atoms with van der Waals surface area (Å²) in [5, 5.41) is 6.60. The number of likely N-dealkylation sites (N-methyl/N-ethyl adjacent to an activating group) is 1. The molecule has 0 fully saturated rings. The van der Waals surface area contributed by atoms with E-state index in [1.165, 1.54) is 12.1 Å². The normalized spacial score (nSPS) is 12.3. The van der Waals surface area contributed by atoms with E-state index in [1.54, 1.807) is 26.3 Å². The first-order chi connectivity index (χ1) is 12.5. The van der Waals surface area contributed by atoms with E-state index in [0.29, 0.717) is 19.0 Å². The fourth-order valence-electron chi connectivity index (χ4n) is 2.65. The number of hydrogen-bond acceptors (Lipinski definition) is 3. The molecule has 2 aromatic carbocycles. The van der Waals surface area contributed by atoms with Crippen molar-refractivity contribution >= 4 is 29.9 Å². The minimum Gasteiger partial charge on any atom is -0.497 e. The SMILES string of the molecule is CN=C(NCc1ccc(F)cc1)NCC(c1cccc(OC)c1)N(C)C.I. The maximum Gasteiger partial charge on any atom is 0.191 e. The lowest BCUT2D eigenvalue weighted by atomic mass is 10.1. The van der Waals surface area contributed by atoms with Gasteiger partial charge in [-0.25, -0.2) is 4.39 Å². The Morgan fingerprint density at radius 1 is 1.15 bits per heavy atom. The first-order valence-corrected chi connectivity index (χ1v) is 8.53. The van der Waals surface area contributed by atoms with Crippen LogP contribution >= 0.6 is 24.0 Å². The molecule has 0 aliphatic rings. The Balaban J connectivity index is 0.00000364. The van der Waals surface area contributed by atoms with Crippen molar-refractivity contribution in [1.82, 2.24) is 15.5 Å².